The van der Waals surface area contributed by atoms with Crippen molar-refractivity contribution in [1.29, 1.82) is 0 Å². The van der Waals surface area contributed by atoms with Crippen LogP contribution in [0.3, 0.4) is 0 Å². The Hall–Kier alpha value is -3.06. The molecule has 0 bridgehead atoms. The Morgan fingerprint density at radius 2 is 1.83 bits per heavy atom. The fourth-order valence-corrected chi connectivity index (χ4v) is 5.15. The molecule has 5 heterocycles. The molecule has 1 N–H and O–H groups in total. The van der Waals surface area contributed by atoms with E-state index in [2.05, 4.69) is 67.6 Å². The fourth-order valence-electron chi connectivity index (χ4n) is 5.15. The summed E-state index contributed by atoms with van der Waals surface area (Å²) in [5.74, 6) is 2.77. The minimum absolute atomic E-state index is 0.597. The van der Waals surface area contributed by atoms with Crippen molar-refractivity contribution in [2.45, 2.75) is 25.3 Å². The fraction of sp³-hybridized carbons (Fsp3) is 0.391. The van der Waals surface area contributed by atoms with E-state index in [1.807, 2.05) is 12.4 Å². The summed E-state index contributed by atoms with van der Waals surface area (Å²) in [6, 6.07) is 11.1. The SMILES string of the molecule is CN1CC[C@@H]2CCN(C3=Nc4nnc(-c5ccc(-c6cn[nH]c6)cc5)cc4C3)[C@@H]2C1. The van der Waals surface area contributed by atoms with Gasteiger partial charge in [0.2, 0.25) is 0 Å². The Kier molecular flexibility index (Phi) is 4.16. The molecule has 30 heavy (non-hydrogen) atoms. The second-order valence-electron chi connectivity index (χ2n) is 8.71. The number of nitrogens with one attached hydrogen (secondary N) is 1. The lowest BCUT2D eigenvalue weighted by molar-refractivity contribution is 0.160. The number of hydrogen-bond acceptors (Lipinski definition) is 6. The van der Waals surface area contributed by atoms with Crippen LogP contribution in [0.4, 0.5) is 5.82 Å². The summed E-state index contributed by atoms with van der Waals surface area (Å²) in [5, 5.41) is 15.8. The standard InChI is InChI=1S/C23H25N7/c1-29-8-6-17-7-9-30(21(17)14-29)22-11-18-10-20(27-28-23(18)26-22)16-4-2-15(3-5-16)19-12-24-25-13-19/h2-5,10,12-13,17,21H,6-9,11,14H2,1H3,(H,24,25)/t17-,21-/m1/s1. The van der Waals surface area contributed by atoms with E-state index >= 15 is 0 Å². The van der Waals surface area contributed by atoms with Crippen molar-refractivity contribution in [2.24, 2.45) is 10.9 Å². The third-order valence-corrected chi connectivity index (χ3v) is 6.84. The number of hydrogen-bond donors (Lipinski definition) is 1. The summed E-state index contributed by atoms with van der Waals surface area (Å²) in [6.07, 6.45) is 7.18. The van der Waals surface area contributed by atoms with Crippen LogP contribution in [0, 0.1) is 5.92 Å². The van der Waals surface area contributed by atoms with E-state index in [1.165, 1.54) is 30.8 Å². The number of likely N-dealkylation sites (N-methyl/N-ethyl adjacent to an activating group) is 1. The highest BCUT2D eigenvalue weighted by molar-refractivity contribution is 5.92. The number of benzene rings is 1. The molecule has 3 aliphatic rings. The first kappa shape index (κ1) is 17.8. The van der Waals surface area contributed by atoms with Crippen LogP contribution in [0.25, 0.3) is 22.4 Å². The zero-order valence-corrected chi connectivity index (χ0v) is 17.1. The zero-order chi connectivity index (χ0) is 20.1. The summed E-state index contributed by atoms with van der Waals surface area (Å²) in [7, 11) is 2.23. The Labute approximate surface area is 175 Å². The van der Waals surface area contributed by atoms with Gasteiger partial charge in [-0.2, -0.15) is 5.10 Å². The van der Waals surface area contributed by atoms with Crippen LogP contribution in [0.15, 0.2) is 47.7 Å². The molecule has 0 unspecified atom stereocenters. The van der Waals surface area contributed by atoms with Crippen LogP contribution in [0.2, 0.25) is 0 Å². The lowest BCUT2D eigenvalue weighted by Crippen LogP contribution is -2.48. The molecule has 0 spiro atoms. The Balaban J connectivity index is 1.22. The van der Waals surface area contributed by atoms with Gasteiger partial charge in [0, 0.05) is 48.4 Å². The first-order chi connectivity index (χ1) is 14.7. The summed E-state index contributed by atoms with van der Waals surface area (Å²) in [4.78, 5) is 9.87. The lowest BCUT2D eigenvalue weighted by atomic mass is 9.92. The van der Waals surface area contributed by atoms with Crippen molar-refractivity contribution in [1.82, 2.24) is 30.2 Å². The number of likely N-dealkylation sites (tertiary alicyclic amines) is 2. The average molecular weight is 400 g/mol. The molecule has 7 nitrogen and oxygen atoms in total. The Morgan fingerprint density at radius 1 is 1.00 bits per heavy atom. The Morgan fingerprint density at radius 3 is 2.67 bits per heavy atom. The van der Waals surface area contributed by atoms with E-state index in [0.29, 0.717) is 6.04 Å². The summed E-state index contributed by atoms with van der Waals surface area (Å²) < 4.78 is 0. The van der Waals surface area contributed by atoms with Crippen LogP contribution < -0.4 is 0 Å². The van der Waals surface area contributed by atoms with Gasteiger partial charge in [0.05, 0.1) is 11.9 Å². The van der Waals surface area contributed by atoms with Crippen LogP contribution in [-0.4, -0.2) is 68.8 Å². The van der Waals surface area contributed by atoms with Gasteiger partial charge in [-0.1, -0.05) is 24.3 Å². The summed E-state index contributed by atoms with van der Waals surface area (Å²) in [5.41, 5.74) is 5.37. The quantitative estimate of drug-likeness (QED) is 0.717. The molecule has 2 saturated heterocycles. The Bertz CT molecular complexity index is 1090. The number of aromatic amines is 1. The summed E-state index contributed by atoms with van der Waals surface area (Å²) >= 11 is 0. The lowest BCUT2D eigenvalue weighted by Gasteiger charge is -2.37. The van der Waals surface area contributed by atoms with Crippen LogP contribution in [-0.2, 0) is 6.42 Å². The number of rotatable bonds is 2. The molecule has 2 atom stereocenters. The number of nitrogens with zero attached hydrogens (tertiary/aromatic N) is 6. The van der Waals surface area contributed by atoms with Crippen molar-refractivity contribution in [3.63, 3.8) is 0 Å². The molecule has 3 aliphatic heterocycles. The third kappa shape index (κ3) is 3.01. The number of amidine groups is 1. The maximum absolute atomic E-state index is 4.87. The highest BCUT2D eigenvalue weighted by Crippen LogP contribution is 2.35. The first-order valence-corrected chi connectivity index (χ1v) is 10.7. The van der Waals surface area contributed by atoms with Gasteiger partial charge in [-0.3, -0.25) is 5.10 Å². The van der Waals surface area contributed by atoms with Crippen molar-refractivity contribution >= 4 is 11.7 Å². The molecule has 0 aliphatic carbocycles. The topological polar surface area (TPSA) is 73.3 Å². The molecule has 152 valence electrons. The normalized spacial score (nSPS) is 23.4. The minimum atomic E-state index is 0.597. The van der Waals surface area contributed by atoms with E-state index in [9.17, 15) is 0 Å². The number of fused-ring (bicyclic) bond motifs is 2. The predicted octanol–water partition coefficient (Wildman–Crippen LogP) is 3.15. The van der Waals surface area contributed by atoms with Gasteiger partial charge in [0.25, 0.3) is 0 Å². The minimum Gasteiger partial charge on any atom is -0.355 e. The van der Waals surface area contributed by atoms with Gasteiger partial charge in [0.1, 0.15) is 5.84 Å². The molecule has 0 saturated carbocycles. The van der Waals surface area contributed by atoms with Gasteiger partial charge in [0.15, 0.2) is 5.82 Å². The summed E-state index contributed by atoms with van der Waals surface area (Å²) in [6.45, 7) is 3.47. The molecular weight excluding hydrogens is 374 g/mol. The van der Waals surface area contributed by atoms with Gasteiger partial charge >= 0.3 is 0 Å². The van der Waals surface area contributed by atoms with Crippen LogP contribution >= 0.6 is 0 Å². The second-order valence-corrected chi connectivity index (χ2v) is 8.71. The molecule has 3 aromatic rings. The number of aromatic nitrogens is 4. The van der Waals surface area contributed by atoms with Crippen molar-refractivity contribution in [3.05, 3.63) is 48.3 Å². The average Bonchev–Trinajstić information content (AvgIpc) is 3.52. The molecule has 1 aromatic carbocycles. The van der Waals surface area contributed by atoms with Crippen molar-refractivity contribution in [3.8, 4) is 22.4 Å². The van der Waals surface area contributed by atoms with Crippen molar-refractivity contribution < 1.29 is 0 Å². The van der Waals surface area contributed by atoms with E-state index in [4.69, 9.17) is 4.99 Å². The largest absolute Gasteiger partial charge is 0.355 e. The zero-order valence-electron chi connectivity index (χ0n) is 17.1. The smallest absolute Gasteiger partial charge is 0.179 e. The van der Waals surface area contributed by atoms with Gasteiger partial charge in [-0.05, 0) is 44.0 Å². The molecule has 2 aromatic heterocycles. The van der Waals surface area contributed by atoms with Crippen LogP contribution in [0.1, 0.15) is 18.4 Å². The van der Waals surface area contributed by atoms with Crippen molar-refractivity contribution in [2.75, 3.05) is 26.7 Å². The van der Waals surface area contributed by atoms with Crippen LogP contribution in [0.5, 0.6) is 0 Å². The second kappa shape index (κ2) is 7.02. The number of piperidine rings is 1. The highest BCUT2D eigenvalue weighted by Gasteiger charge is 2.40. The predicted molar refractivity (Wildman–Crippen MR) is 117 cm³/mol. The molecule has 6 rings (SSSR count). The van der Waals surface area contributed by atoms with E-state index in [0.717, 1.165) is 53.6 Å². The number of H-pyrrole nitrogens is 1. The third-order valence-electron chi connectivity index (χ3n) is 6.84. The molecule has 2 fully saturated rings. The van der Waals surface area contributed by atoms with E-state index in [-0.39, 0.29) is 0 Å². The maximum atomic E-state index is 4.87. The molecule has 0 amide bonds. The monoisotopic (exact) mass is 399 g/mol. The van der Waals surface area contributed by atoms with Gasteiger partial charge in [-0.15, -0.1) is 10.2 Å². The highest BCUT2D eigenvalue weighted by atomic mass is 15.3. The molecule has 7 heteroatoms. The number of aliphatic imine (C=N–C) groups is 1. The van der Waals surface area contributed by atoms with Gasteiger partial charge < -0.3 is 9.80 Å². The maximum Gasteiger partial charge on any atom is 0.179 e. The molecule has 0 radical (unpaired) electrons. The van der Waals surface area contributed by atoms with E-state index < -0.39 is 0 Å². The van der Waals surface area contributed by atoms with E-state index in [1.54, 1.807) is 0 Å². The van der Waals surface area contributed by atoms with Gasteiger partial charge in [-0.25, -0.2) is 4.99 Å². The molecular formula is C23H25N7. The first-order valence-electron chi connectivity index (χ1n) is 10.7.